The Balaban J connectivity index is 1.39. The first kappa shape index (κ1) is 16.8. The van der Waals surface area contributed by atoms with Gasteiger partial charge in [-0.1, -0.05) is 35.1 Å². The molecule has 0 radical (unpaired) electrons. The van der Waals surface area contributed by atoms with Crippen LogP contribution in [0.1, 0.15) is 5.56 Å². The van der Waals surface area contributed by atoms with Crippen molar-refractivity contribution in [3.05, 3.63) is 53.8 Å². The van der Waals surface area contributed by atoms with Gasteiger partial charge < -0.3 is 15.1 Å². The van der Waals surface area contributed by atoms with E-state index in [0.717, 1.165) is 21.1 Å². The molecule has 2 amide bonds. The van der Waals surface area contributed by atoms with Crippen LogP contribution in [0.3, 0.4) is 0 Å². The first-order valence-corrected chi connectivity index (χ1v) is 9.34. The Bertz CT molecular complexity index is 932. The second-order valence-corrected chi connectivity index (χ2v) is 7.36. The van der Waals surface area contributed by atoms with E-state index in [1.807, 2.05) is 37.3 Å². The van der Waals surface area contributed by atoms with E-state index in [0.29, 0.717) is 31.7 Å². The number of hydrogen-bond acceptors (Lipinski definition) is 4. The van der Waals surface area contributed by atoms with Crippen molar-refractivity contribution in [2.75, 3.05) is 36.4 Å². The van der Waals surface area contributed by atoms with E-state index in [2.05, 4.69) is 15.2 Å². The second kappa shape index (κ2) is 6.92. The molecule has 0 spiro atoms. The number of aryl methyl sites for hydroxylation is 1. The van der Waals surface area contributed by atoms with E-state index in [-0.39, 0.29) is 11.8 Å². The first-order chi connectivity index (χ1) is 12.6. The fourth-order valence-electron chi connectivity index (χ4n) is 2.98. The van der Waals surface area contributed by atoms with Crippen molar-refractivity contribution >= 4 is 38.4 Å². The standard InChI is InChI=1S/C19H19FN4OS/c1-13-5-7-14(8-6-13)21-18(25)23-9-11-24(12-10-23)19-22-17-15(20)3-2-4-16(17)26-19/h2-8H,9-12H2,1H3,(H,21,25). The number of piperazine rings is 1. The van der Waals surface area contributed by atoms with Crippen LogP contribution in [-0.4, -0.2) is 42.1 Å². The van der Waals surface area contributed by atoms with Crippen LogP contribution < -0.4 is 10.2 Å². The highest BCUT2D eigenvalue weighted by atomic mass is 32.1. The number of urea groups is 1. The van der Waals surface area contributed by atoms with Gasteiger partial charge in [-0.05, 0) is 31.2 Å². The number of rotatable bonds is 2. The van der Waals surface area contributed by atoms with Crippen molar-refractivity contribution in [2.24, 2.45) is 0 Å². The summed E-state index contributed by atoms with van der Waals surface area (Å²) in [6.07, 6.45) is 0. The minimum Gasteiger partial charge on any atom is -0.345 e. The van der Waals surface area contributed by atoms with Gasteiger partial charge in [0.05, 0.1) is 4.70 Å². The van der Waals surface area contributed by atoms with Crippen LogP contribution in [0.25, 0.3) is 10.2 Å². The van der Waals surface area contributed by atoms with Crippen LogP contribution in [-0.2, 0) is 0 Å². The molecule has 0 atom stereocenters. The summed E-state index contributed by atoms with van der Waals surface area (Å²) in [5, 5.41) is 3.74. The molecule has 2 aromatic carbocycles. The van der Waals surface area contributed by atoms with Gasteiger partial charge in [-0.25, -0.2) is 14.2 Å². The minimum atomic E-state index is -0.291. The maximum Gasteiger partial charge on any atom is 0.321 e. The number of carbonyl (C=O) groups is 1. The van der Waals surface area contributed by atoms with Gasteiger partial charge in [-0.3, -0.25) is 0 Å². The van der Waals surface area contributed by atoms with Crippen LogP contribution in [0.4, 0.5) is 20.0 Å². The number of halogens is 1. The lowest BCUT2D eigenvalue weighted by atomic mass is 10.2. The third-order valence-electron chi connectivity index (χ3n) is 4.50. The van der Waals surface area contributed by atoms with Crippen molar-refractivity contribution in [1.29, 1.82) is 0 Å². The number of anilines is 2. The van der Waals surface area contributed by atoms with E-state index in [4.69, 9.17) is 0 Å². The molecule has 0 saturated carbocycles. The van der Waals surface area contributed by atoms with Gasteiger partial charge in [0.2, 0.25) is 0 Å². The van der Waals surface area contributed by atoms with Gasteiger partial charge >= 0.3 is 6.03 Å². The Hall–Kier alpha value is -2.67. The number of fused-ring (bicyclic) bond motifs is 1. The van der Waals surface area contributed by atoms with Crippen LogP contribution in [0.5, 0.6) is 0 Å². The molecule has 1 aliphatic rings. The predicted octanol–water partition coefficient (Wildman–Crippen LogP) is 4.10. The molecule has 0 bridgehead atoms. The molecule has 3 aromatic rings. The highest BCUT2D eigenvalue weighted by Gasteiger charge is 2.23. The van der Waals surface area contributed by atoms with Crippen LogP contribution in [0, 0.1) is 12.7 Å². The molecule has 26 heavy (non-hydrogen) atoms. The van der Waals surface area contributed by atoms with Crippen LogP contribution in [0.2, 0.25) is 0 Å². The van der Waals surface area contributed by atoms with Gasteiger partial charge in [-0.15, -0.1) is 0 Å². The molecule has 1 N–H and O–H groups in total. The normalized spacial score (nSPS) is 14.7. The molecule has 5 nitrogen and oxygen atoms in total. The maximum atomic E-state index is 13.8. The molecule has 1 fully saturated rings. The summed E-state index contributed by atoms with van der Waals surface area (Å²) in [5.74, 6) is -0.291. The van der Waals surface area contributed by atoms with E-state index in [1.165, 1.54) is 17.4 Å². The zero-order valence-corrected chi connectivity index (χ0v) is 15.2. The molecule has 1 aliphatic heterocycles. The Morgan fingerprint density at radius 3 is 2.54 bits per heavy atom. The van der Waals surface area contributed by atoms with E-state index in [1.54, 1.807) is 11.0 Å². The number of hydrogen-bond donors (Lipinski definition) is 1. The number of amides is 2. The Kier molecular flexibility index (Phi) is 4.46. The zero-order chi connectivity index (χ0) is 18.1. The summed E-state index contributed by atoms with van der Waals surface area (Å²) >= 11 is 1.49. The van der Waals surface area contributed by atoms with Gasteiger partial charge in [0.15, 0.2) is 5.13 Å². The number of benzene rings is 2. The maximum absolute atomic E-state index is 13.8. The summed E-state index contributed by atoms with van der Waals surface area (Å²) in [4.78, 5) is 20.8. The molecule has 1 saturated heterocycles. The summed E-state index contributed by atoms with van der Waals surface area (Å²) in [6, 6.07) is 12.7. The number of thiazole rings is 1. The van der Waals surface area contributed by atoms with Crippen LogP contribution >= 0.6 is 11.3 Å². The lowest BCUT2D eigenvalue weighted by Crippen LogP contribution is -2.50. The van der Waals surface area contributed by atoms with Crippen molar-refractivity contribution in [3.8, 4) is 0 Å². The SMILES string of the molecule is Cc1ccc(NC(=O)N2CCN(c3nc4c(F)cccc4s3)CC2)cc1. The molecule has 134 valence electrons. The number of nitrogens with zero attached hydrogens (tertiary/aromatic N) is 3. The molecule has 0 aliphatic carbocycles. The lowest BCUT2D eigenvalue weighted by Gasteiger charge is -2.34. The summed E-state index contributed by atoms with van der Waals surface area (Å²) < 4.78 is 14.7. The van der Waals surface area contributed by atoms with Gasteiger partial charge in [0.25, 0.3) is 0 Å². The number of para-hydroxylation sites is 1. The van der Waals surface area contributed by atoms with Gasteiger partial charge in [0, 0.05) is 31.9 Å². The van der Waals surface area contributed by atoms with E-state index in [9.17, 15) is 9.18 Å². The number of carbonyl (C=O) groups excluding carboxylic acids is 1. The Morgan fingerprint density at radius 1 is 1.12 bits per heavy atom. The summed E-state index contributed by atoms with van der Waals surface area (Å²) in [7, 11) is 0. The molecule has 2 heterocycles. The van der Waals surface area contributed by atoms with Gasteiger partial charge in [0.1, 0.15) is 11.3 Å². The van der Waals surface area contributed by atoms with E-state index >= 15 is 0 Å². The first-order valence-electron chi connectivity index (χ1n) is 8.53. The third kappa shape index (κ3) is 3.35. The molecule has 7 heteroatoms. The monoisotopic (exact) mass is 370 g/mol. The van der Waals surface area contributed by atoms with Gasteiger partial charge in [-0.2, -0.15) is 0 Å². The van der Waals surface area contributed by atoms with Crippen LogP contribution in [0.15, 0.2) is 42.5 Å². The Morgan fingerprint density at radius 2 is 1.85 bits per heavy atom. The highest BCUT2D eigenvalue weighted by molar-refractivity contribution is 7.22. The second-order valence-electron chi connectivity index (χ2n) is 6.35. The average molecular weight is 370 g/mol. The predicted molar refractivity (Wildman–Crippen MR) is 104 cm³/mol. The average Bonchev–Trinajstić information content (AvgIpc) is 3.09. The Labute approximate surface area is 155 Å². The fourth-order valence-corrected chi connectivity index (χ4v) is 4.01. The summed E-state index contributed by atoms with van der Waals surface area (Å²) in [5.41, 5.74) is 2.38. The largest absolute Gasteiger partial charge is 0.345 e. The topological polar surface area (TPSA) is 48.5 Å². The fraction of sp³-hybridized carbons (Fsp3) is 0.263. The quantitative estimate of drug-likeness (QED) is 0.739. The molecular weight excluding hydrogens is 351 g/mol. The molecule has 0 unspecified atom stereocenters. The lowest BCUT2D eigenvalue weighted by molar-refractivity contribution is 0.208. The van der Waals surface area contributed by atoms with E-state index < -0.39 is 0 Å². The number of nitrogens with one attached hydrogen (secondary N) is 1. The minimum absolute atomic E-state index is 0.0937. The highest BCUT2D eigenvalue weighted by Crippen LogP contribution is 2.30. The molecule has 1 aromatic heterocycles. The van der Waals surface area contributed by atoms with Crippen molar-refractivity contribution in [2.45, 2.75) is 6.92 Å². The number of aromatic nitrogens is 1. The van der Waals surface area contributed by atoms with Crippen molar-refractivity contribution in [1.82, 2.24) is 9.88 Å². The molecular formula is C19H19FN4OS. The smallest absolute Gasteiger partial charge is 0.321 e. The summed E-state index contributed by atoms with van der Waals surface area (Å²) in [6.45, 7) is 4.59. The zero-order valence-electron chi connectivity index (χ0n) is 14.4. The third-order valence-corrected chi connectivity index (χ3v) is 5.58. The molecule has 4 rings (SSSR count). The van der Waals surface area contributed by atoms with Crippen molar-refractivity contribution in [3.63, 3.8) is 0 Å². The van der Waals surface area contributed by atoms with Crippen molar-refractivity contribution < 1.29 is 9.18 Å².